The number of phenols is 1. The number of piperazine rings is 1. The molecule has 5 nitrogen and oxygen atoms in total. The summed E-state index contributed by atoms with van der Waals surface area (Å²) >= 11 is 0. The van der Waals surface area contributed by atoms with Crippen LogP contribution >= 0.6 is 0 Å². The van der Waals surface area contributed by atoms with Gasteiger partial charge in [-0.05, 0) is 24.6 Å². The van der Waals surface area contributed by atoms with Gasteiger partial charge in [-0.15, -0.1) is 0 Å². The fourth-order valence-corrected chi connectivity index (χ4v) is 3.19. The third kappa shape index (κ3) is 4.51. The van der Waals surface area contributed by atoms with Gasteiger partial charge in [0.25, 0.3) is 0 Å². The van der Waals surface area contributed by atoms with Crippen molar-refractivity contribution in [3.63, 3.8) is 0 Å². The van der Waals surface area contributed by atoms with E-state index in [9.17, 15) is 9.90 Å². The number of carbonyl (C=O) groups excluding carboxylic acids is 1. The minimum atomic E-state index is 0.0104. The first kappa shape index (κ1) is 17.3. The predicted molar refractivity (Wildman–Crippen MR) is 99.8 cm³/mol. The van der Waals surface area contributed by atoms with Crippen molar-refractivity contribution in [1.82, 2.24) is 10.2 Å². The molecule has 2 aromatic rings. The summed E-state index contributed by atoms with van der Waals surface area (Å²) in [4.78, 5) is 16.6. The Morgan fingerprint density at radius 2 is 1.68 bits per heavy atom. The fraction of sp³-hybridized carbons (Fsp3) is 0.350. The lowest BCUT2D eigenvalue weighted by Crippen LogP contribution is -2.49. The number of hydrogen-bond acceptors (Lipinski definition) is 4. The Balaban J connectivity index is 1.47. The van der Waals surface area contributed by atoms with Crippen molar-refractivity contribution in [3.05, 3.63) is 60.2 Å². The molecule has 2 aromatic carbocycles. The lowest BCUT2D eigenvalue weighted by atomic mass is 10.1. The molecule has 5 heteroatoms. The van der Waals surface area contributed by atoms with E-state index in [-0.39, 0.29) is 11.9 Å². The van der Waals surface area contributed by atoms with E-state index in [4.69, 9.17) is 0 Å². The number of rotatable bonds is 5. The second-order valence-electron chi connectivity index (χ2n) is 6.45. The zero-order valence-corrected chi connectivity index (χ0v) is 14.6. The molecule has 1 atom stereocenters. The van der Waals surface area contributed by atoms with Crippen molar-refractivity contribution in [2.75, 3.05) is 37.6 Å². The molecule has 2 N–H and O–H groups in total. The van der Waals surface area contributed by atoms with E-state index in [1.54, 1.807) is 6.07 Å². The van der Waals surface area contributed by atoms with Crippen molar-refractivity contribution in [2.24, 2.45) is 0 Å². The Morgan fingerprint density at radius 1 is 1.04 bits per heavy atom. The summed E-state index contributed by atoms with van der Waals surface area (Å²) in [7, 11) is 0. The molecule has 1 unspecified atom stereocenters. The predicted octanol–water partition coefficient (Wildman–Crippen LogP) is 2.39. The molecular weight excluding hydrogens is 314 g/mol. The van der Waals surface area contributed by atoms with Crippen molar-refractivity contribution in [3.8, 4) is 5.75 Å². The van der Waals surface area contributed by atoms with E-state index >= 15 is 0 Å². The number of aromatic hydroxyl groups is 1. The lowest BCUT2D eigenvalue weighted by molar-refractivity contribution is -0.123. The molecule has 0 radical (unpaired) electrons. The van der Waals surface area contributed by atoms with Gasteiger partial charge in [-0.25, -0.2) is 0 Å². The van der Waals surface area contributed by atoms with Crippen LogP contribution in [-0.2, 0) is 4.79 Å². The van der Waals surface area contributed by atoms with E-state index < -0.39 is 0 Å². The number of hydrogen-bond donors (Lipinski definition) is 2. The van der Waals surface area contributed by atoms with E-state index in [0.717, 1.165) is 37.4 Å². The largest absolute Gasteiger partial charge is 0.506 e. The minimum absolute atomic E-state index is 0.0104. The number of nitrogens with one attached hydrogen (secondary N) is 1. The molecule has 1 aliphatic rings. The maximum Gasteiger partial charge on any atom is 0.234 e. The second-order valence-corrected chi connectivity index (χ2v) is 6.45. The van der Waals surface area contributed by atoms with E-state index in [0.29, 0.717) is 12.3 Å². The van der Waals surface area contributed by atoms with Gasteiger partial charge in [-0.2, -0.15) is 0 Å². The average Bonchev–Trinajstić information content (AvgIpc) is 2.63. The molecule has 0 bridgehead atoms. The maximum absolute atomic E-state index is 12.3. The number of anilines is 1. The normalized spacial score (nSPS) is 16.4. The Labute approximate surface area is 148 Å². The summed E-state index contributed by atoms with van der Waals surface area (Å²) in [5.41, 5.74) is 1.98. The summed E-state index contributed by atoms with van der Waals surface area (Å²) in [5.74, 6) is 0.359. The van der Waals surface area contributed by atoms with Crippen LogP contribution in [0.25, 0.3) is 0 Å². The number of para-hydroxylation sites is 2. The number of nitrogens with zero attached hydrogens (tertiary/aromatic N) is 2. The van der Waals surface area contributed by atoms with Gasteiger partial charge in [0, 0.05) is 26.2 Å². The van der Waals surface area contributed by atoms with Crippen LogP contribution in [0.4, 0.5) is 5.69 Å². The Morgan fingerprint density at radius 3 is 2.36 bits per heavy atom. The van der Waals surface area contributed by atoms with E-state index in [1.807, 2.05) is 55.5 Å². The van der Waals surface area contributed by atoms with Crippen LogP contribution in [0.2, 0.25) is 0 Å². The zero-order valence-electron chi connectivity index (χ0n) is 14.6. The highest BCUT2D eigenvalue weighted by atomic mass is 16.3. The van der Waals surface area contributed by atoms with Crippen molar-refractivity contribution >= 4 is 11.6 Å². The molecule has 1 saturated heterocycles. The molecule has 1 aliphatic heterocycles. The van der Waals surface area contributed by atoms with Crippen LogP contribution in [0.1, 0.15) is 18.5 Å². The van der Waals surface area contributed by atoms with Crippen LogP contribution in [0, 0.1) is 0 Å². The monoisotopic (exact) mass is 339 g/mol. The SMILES string of the molecule is CC(NC(=O)CN1CCN(c2ccccc2O)CC1)c1ccccc1. The zero-order chi connectivity index (χ0) is 17.6. The summed E-state index contributed by atoms with van der Waals surface area (Å²) < 4.78 is 0. The third-order valence-electron chi connectivity index (χ3n) is 4.64. The molecule has 1 amide bonds. The summed E-state index contributed by atoms with van der Waals surface area (Å²) in [5, 5.41) is 13.0. The molecule has 0 aliphatic carbocycles. The molecule has 0 aromatic heterocycles. The van der Waals surface area contributed by atoms with Gasteiger partial charge in [-0.1, -0.05) is 42.5 Å². The Hall–Kier alpha value is -2.53. The molecule has 0 saturated carbocycles. The van der Waals surface area contributed by atoms with Gasteiger partial charge >= 0.3 is 0 Å². The summed E-state index contributed by atoms with van der Waals surface area (Å²) in [6.45, 7) is 5.64. The van der Waals surface area contributed by atoms with Gasteiger partial charge in [0.15, 0.2) is 0 Å². The molecule has 132 valence electrons. The van der Waals surface area contributed by atoms with Crippen LogP contribution in [-0.4, -0.2) is 48.6 Å². The van der Waals surface area contributed by atoms with Crippen LogP contribution in [0.5, 0.6) is 5.75 Å². The van der Waals surface area contributed by atoms with Gasteiger partial charge in [-0.3, -0.25) is 9.69 Å². The first-order valence-electron chi connectivity index (χ1n) is 8.73. The maximum atomic E-state index is 12.3. The molecule has 25 heavy (non-hydrogen) atoms. The third-order valence-corrected chi connectivity index (χ3v) is 4.64. The van der Waals surface area contributed by atoms with Gasteiger partial charge in [0.05, 0.1) is 18.3 Å². The van der Waals surface area contributed by atoms with Gasteiger partial charge in [0.1, 0.15) is 5.75 Å². The van der Waals surface area contributed by atoms with Crippen molar-refractivity contribution in [1.29, 1.82) is 0 Å². The summed E-state index contributed by atoms with van der Waals surface area (Å²) in [6, 6.07) is 17.4. The molecular formula is C20H25N3O2. The molecule has 1 fully saturated rings. The van der Waals surface area contributed by atoms with Gasteiger partial charge in [0.2, 0.25) is 5.91 Å². The smallest absolute Gasteiger partial charge is 0.234 e. The topological polar surface area (TPSA) is 55.8 Å². The van der Waals surface area contributed by atoms with E-state index in [1.165, 1.54) is 0 Å². The summed E-state index contributed by atoms with van der Waals surface area (Å²) in [6.07, 6.45) is 0. The standard InChI is InChI=1S/C20H25N3O2/c1-16(17-7-3-2-4-8-17)21-20(25)15-22-11-13-23(14-12-22)18-9-5-6-10-19(18)24/h2-10,16,24H,11-15H2,1H3,(H,21,25). The number of carbonyl (C=O) groups is 1. The first-order chi connectivity index (χ1) is 12.1. The second kappa shape index (κ2) is 8.03. The fourth-order valence-electron chi connectivity index (χ4n) is 3.19. The molecule has 3 rings (SSSR count). The quantitative estimate of drug-likeness (QED) is 0.878. The van der Waals surface area contributed by atoms with Crippen LogP contribution in [0.15, 0.2) is 54.6 Å². The highest BCUT2D eigenvalue weighted by Crippen LogP contribution is 2.27. The highest BCUT2D eigenvalue weighted by Gasteiger charge is 2.21. The number of amides is 1. The highest BCUT2D eigenvalue weighted by molar-refractivity contribution is 5.78. The van der Waals surface area contributed by atoms with Crippen molar-refractivity contribution in [2.45, 2.75) is 13.0 Å². The minimum Gasteiger partial charge on any atom is -0.506 e. The Kier molecular flexibility index (Phi) is 5.56. The van der Waals surface area contributed by atoms with Crippen LogP contribution in [0.3, 0.4) is 0 Å². The average molecular weight is 339 g/mol. The molecule has 0 spiro atoms. The van der Waals surface area contributed by atoms with Crippen molar-refractivity contribution < 1.29 is 9.90 Å². The number of phenolic OH excluding ortho intramolecular Hbond substituents is 1. The lowest BCUT2D eigenvalue weighted by Gasteiger charge is -2.36. The van der Waals surface area contributed by atoms with Crippen LogP contribution < -0.4 is 10.2 Å². The van der Waals surface area contributed by atoms with E-state index in [2.05, 4.69) is 15.1 Å². The molecule has 1 heterocycles. The first-order valence-corrected chi connectivity index (χ1v) is 8.73. The number of benzene rings is 2. The Bertz CT molecular complexity index is 697. The van der Waals surface area contributed by atoms with Gasteiger partial charge < -0.3 is 15.3 Å².